The first kappa shape index (κ1) is 14.2. The summed E-state index contributed by atoms with van der Waals surface area (Å²) in [5.41, 5.74) is 1.22. The van der Waals surface area contributed by atoms with Crippen LogP contribution in [-0.4, -0.2) is 20.1 Å². The van der Waals surface area contributed by atoms with Crippen LogP contribution in [0.5, 0.6) is 5.75 Å². The second-order valence-electron chi connectivity index (χ2n) is 4.92. The number of hydrogen-bond donors (Lipinski definition) is 1. The van der Waals surface area contributed by atoms with E-state index in [0.29, 0.717) is 17.3 Å². The Hall–Kier alpha value is -1.72. The van der Waals surface area contributed by atoms with Gasteiger partial charge >= 0.3 is 0 Å². The molecule has 4 nitrogen and oxygen atoms in total. The SMILES string of the molecule is O=S(=O)(c1cccc(Cl)c1)N1CCCc2cccc(O)c21. The van der Waals surface area contributed by atoms with E-state index in [-0.39, 0.29) is 10.6 Å². The molecule has 1 aliphatic heterocycles. The minimum absolute atomic E-state index is 0.0159. The number of sulfonamides is 1. The fourth-order valence-corrected chi connectivity index (χ4v) is 4.44. The highest BCUT2D eigenvalue weighted by atomic mass is 35.5. The van der Waals surface area contributed by atoms with Crippen molar-refractivity contribution in [2.45, 2.75) is 17.7 Å². The van der Waals surface area contributed by atoms with Crippen molar-refractivity contribution in [1.82, 2.24) is 0 Å². The van der Waals surface area contributed by atoms with E-state index in [1.54, 1.807) is 18.2 Å². The summed E-state index contributed by atoms with van der Waals surface area (Å²) >= 11 is 5.89. The summed E-state index contributed by atoms with van der Waals surface area (Å²) < 4.78 is 26.9. The molecule has 1 aliphatic rings. The van der Waals surface area contributed by atoms with Crippen LogP contribution in [0.3, 0.4) is 0 Å². The van der Waals surface area contributed by atoms with Crippen LogP contribution in [0.15, 0.2) is 47.4 Å². The predicted octanol–water partition coefficient (Wildman–Crippen LogP) is 3.19. The zero-order valence-corrected chi connectivity index (χ0v) is 12.7. The summed E-state index contributed by atoms with van der Waals surface area (Å²) in [4.78, 5) is 0.131. The molecule has 1 N–H and O–H groups in total. The van der Waals surface area contributed by atoms with Crippen LogP contribution in [0, 0.1) is 0 Å². The van der Waals surface area contributed by atoms with Crippen LogP contribution in [0.2, 0.25) is 5.02 Å². The normalized spacial score (nSPS) is 14.8. The molecule has 0 saturated carbocycles. The van der Waals surface area contributed by atoms with E-state index in [1.807, 2.05) is 6.07 Å². The minimum atomic E-state index is -3.73. The lowest BCUT2D eigenvalue weighted by molar-refractivity contribution is 0.472. The Morgan fingerprint density at radius 2 is 1.90 bits per heavy atom. The molecule has 0 spiro atoms. The Bertz CT molecular complexity index is 789. The summed E-state index contributed by atoms with van der Waals surface area (Å²) in [6, 6.07) is 11.2. The third kappa shape index (κ3) is 2.47. The van der Waals surface area contributed by atoms with Gasteiger partial charge in [-0.05, 0) is 42.7 Å². The highest BCUT2D eigenvalue weighted by molar-refractivity contribution is 7.92. The summed E-state index contributed by atoms with van der Waals surface area (Å²) in [6.07, 6.45) is 1.47. The van der Waals surface area contributed by atoms with Gasteiger partial charge in [0, 0.05) is 11.6 Å². The summed E-state index contributed by atoms with van der Waals surface area (Å²) in [5.74, 6) is -0.0159. The maximum atomic E-state index is 12.8. The average molecular weight is 324 g/mol. The van der Waals surface area contributed by atoms with Crippen LogP contribution in [-0.2, 0) is 16.4 Å². The third-order valence-electron chi connectivity index (χ3n) is 3.54. The molecule has 0 bridgehead atoms. The number of benzene rings is 2. The number of aryl methyl sites for hydroxylation is 1. The molecular formula is C15H14ClNO3S. The Morgan fingerprint density at radius 1 is 1.14 bits per heavy atom. The second-order valence-corrected chi connectivity index (χ2v) is 7.22. The summed E-state index contributed by atoms with van der Waals surface area (Å²) in [6.45, 7) is 0.347. The molecule has 0 saturated heterocycles. The number of phenols is 1. The van der Waals surface area contributed by atoms with Gasteiger partial charge in [0.25, 0.3) is 10.0 Å². The van der Waals surface area contributed by atoms with Crippen molar-refractivity contribution < 1.29 is 13.5 Å². The van der Waals surface area contributed by atoms with Crippen LogP contribution >= 0.6 is 11.6 Å². The number of nitrogens with zero attached hydrogens (tertiary/aromatic N) is 1. The molecule has 0 radical (unpaired) electrons. The molecule has 3 rings (SSSR count). The standard InChI is InChI=1S/C15H14ClNO3S/c16-12-6-2-7-13(10-12)21(19,20)17-9-3-5-11-4-1-8-14(18)15(11)17/h1-2,4,6-8,10,18H,3,5,9H2. The highest BCUT2D eigenvalue weighted by Crippen LogP contribution is 2.38. The number of aromatic hydroxyl groups is 1. The molecule has 110 valence electrons. The predicted molar refractivity (Wildman–Crippen MR) is 82.4 cm³/mol. The van der Waals surface area contributed by atoms with E-state index in [1.165, 1.54) is 22.5 Å². The topological polar surface area (TPSA) is 57.6 Å². The Labute approximate surface area is 128 Å². The van der Waals surface area contributed by atoms with Gasteiger partial charge in [0.1, 0.15) is 5.75 Å². The van der Waals surface area contributed by atoms with Gasteiger partial charge in [-0.15, -0.1) is 0 Å². The molecule has 21 heavy (non-hydrogen) atoms. The van der Waals surface area contributed by atoms with Crippen molar-refractivity contribution in [1.29, 1.82) is 0 Å². The Morgan fingerprint density at radius 3 is 2.67 bits per heavy atom. The second kappa shape index (κ2) is 5.24. The lowest BCUT2D eigenvalue weighted by Gasteiger charge is -2.31. The van der Waals surface area contributed by atoms with Crippen LogP contribution in [0.1, 0.15) is 12.0 Å². The van der Waals surface area contributed by atoms with Gasteiger partial charge in [-0.3, -0.25) is 4.31 Å². The van der Waals surface area contributed by atoms with Crippen LogP contribution < -0.4 is 4.31 Å². The molecule has 0 aromatic heterocycles. The van der Waals surface area contributed by atoms with E-state index < -0.39 is 10.0 Å². The van der Waals surface area contributed by atoms with E-state index in [0.717, 1.165) is 18.4 Å². The van der Waals surface area contributed by atoms with E-state index in [9.17, 15) is 13.5 Å². The zero-order chi connectivity index (χ0) is 15.0. The van der Waals surface area contributed by atoms with Crippen molar-refractivity contribution in [3.63, 3.8) is 0 Å². The number of fused-ring (bicyclic) bond motifs is 1. The minimum Gasteiger partial charge on any atom is -0.506 e. The van der Waals surface area contributed by atoms with Crippen molar-refractivity contribution in [3.8, 4) is 5.75 Å². The number of phenolic OH excluding ortho intramolecular Hbond substituents is 1. The first-order valence-electron chi connectivity index (χ1n) is 6.59. The first-order valence-corrected chi connectivity index (χ1v) is 8.41. The zero-order valence-electron chi connectivity index (χ0n) is 11.2. The van der Waals surface area contributed by atoms with Gasteiger partial charge in [0.05, 0.1) is 10.6 Å². The maximum absolute atomic E-state index is 12.8. The summed E-state index contributed by atoms with van der Waals surface area (Å²) in [7, 11) is -3.73. The van der Waals surface area contributed by atoms with Crippen LogP contribution in [0.25, 0.3) is 0 Å². The lowest BCUT2D eigenvalue weighted by Crippen LogP contribution is -2.35. The van der Waals surface area contributed by atoms with Gasteiger partial charge in [0.2, 0.25) is 0 Å². The first-order chi connectivity index (χ1) is 10.00. The van der Waals surface area contributed by atoms with Gasteiger partial charge in [-0.1, -0.05) is 29.8 Å². The Kier molecular flexibility index (Phi) is 3.55. The maximum Gasteiger partial charge on any atom is 0.264 e. The number of para-hydroxylation sites is 1. The third-order valence-corrected chi connectivity index (χ3v) is 5.57. The smallest absolute Gasteiger partial charge is 0.264 e. The number of rotatable bonds is 2. The molecule has 1 heterocycles. The largest absolute Gasteiger partial charge is 0.506 e. The molecule has 0 fully saturated rings. The molecule has 0 amide bonds. The number of halogens is 1. The quantitative estimate of drug-likeness (QED) is 0.923. The molecule has 6 heteroatoms. The molecule has 0 aliphatic carbocycles. The van der Waals surface area contributed by atoms with Gasteiger partial charge in [-0.2, -0.15) is 0 Å². The number of anilines is 1. The van der Waals surface area contributed by atoms with E-state index in [2.05, 4.69) is 0 Å². The van der Waals surface area contributed by atoms with Gasteiger partial charge < -0.3 is 5.11 Å². The van der Waals surface area contributed by atoms with Crippen molar-refractivity contribution in [2.75, 3.05) is 10.8 Å². The molecule has 0 atom stereocenters. The summed E-state index contributed by atoms with van der Waals surface area (Å²) in [5, 5.41) is 10.4. The molecule has 2 aromatic carbocycles. The lowest BCUT2D eigenvalue weighted by atomic mass is 10.0. The fourth-order valence-electron chi connectivity index (χ4n) is 2.59. The number of hydrogen-bond acceptors (Lipinski definition) is 3. The van der Waals surface area contributed by atoms with Gasteiger partial charge in [-0.25, -0.2) is 8.42 Å². The van der Waals surface area contributed by atoms with Crippen molar-refractivity contribution in [3.05, 3.63) is 53.1 Å². The van der Waals surface area contributed by atoms with Crippen molar-refractivity contribution in [2.24, 2.45) is 0 Å². The van der Waals surface area contributed by atoms with E-state index >= 15 is 0 Å². The average Bonchev–Trinajstić information content (AvgIpc) is 2.47. The highest BCUT2D eigenvalue weighted by Gasteiger charge is 2.31. The monoisotopic (exact) mass is 323 g/mol. The molecule has 2 aromatic rings. The Balaban J connectivity index is 2.14. The van der Waals surface area contributed by atoms with E-state index in [4.69, 9.17) is 11.6 Å². The fraction of sp³-hybridized carbons (Fsp3) is 0.200. The molecule has 0 unspecified atom stereocenters. The van der Waals surface area contributed by atoms with Crippen LogP contribution in [0.4, 0.5) is 5.69 Å². The van der Waals surface area contributed by atoms with Gasteiger partial charge in [0.15, 0.2) is 0 Å². The van der Waals surface area contributed by atoms with Crippen molar-refractivity contribution >= 4 is 27.3 Å². The molecular weight excluding hydrogens is 310 g/mol.